The molecule has 4 aromatic rings. The van der Waals surface area contributed by atoms with Crippen molar-refractivity contribution in [3.63, 3.8) is 0 Å². The van der Waals surface area contributed by atoms with E-state index in [4.69, 9.17) is 0 Å². The van der Waals surface area contributed by atoms with E-state index in [1.165, 1.54) is 0 Å². The molecule has 3 aromatic carbocycles. The van der Waals surface area contributed by atoms with Crippen LogP contribution in [-0.4, -0.2) is 33.9 Å². The number of rotatable bonds is 9. The Morgan fingerprint density at radius 2 is 1.42 bits per heavy atom. The van der Waals surface area contributed by atoms with E-state index in [0.717, 1.165) is 33.2 Å². The Hall–Kier alpha value is -4.39. The molecule has 0 bridgehead atoms. The molecule has 0 spiro atoms. The molecule has 0 saturated heterocycles. The minimum Gasteiger partial charge on any atom is -0.481 e. The van der Waals surface area contributed by atoms with E-state index in [1.54, 1.807) is 6.07 Å². The van der Waals surface area contributed by atoms with Crippen LogP contribution in [0, 0.1) is 13.8 Å². The van der Waals surface area contributed by atoms with Crippen molar-refractivity contribution >= 4 is 28.7 Å². The molecular weight excluding hydrogens is 454 g/mol. The maximum Gasteiger partial charge on any atom is 0.303 e. The number of fused-ring (bicyclic) bond motifs is 1. The number of aryl methyl sites for hydroxylation is 2. The molecule has 7 nitrogen and oxygen atoms in total. The fraction of sp³-hybridized carbons (Fsp3) is 0.207. The number of nitrogens with one attached hydrogen (secondary N) is 3. The number of hydrogen-bond donors (Lipinski definition) is 4. The summed E-state index contributed by atoms with van der Waals surface area (Å²) >= 11 is 0. The lowest BCUT2D eigenvalue weighted by atomic mass is 9.96. The van der Waals surface area contributed by atoms with E-state index in [2.05, 4.69) is 15.6 Å². The molecule has 36 heavy (non-hydrogen) atoms. The van der Waals surface area contributed by atoms with Gasteiger partial charge < -0.3 is 20.7 Å². The van der Waals surface area contributed by atoms with E-state index in [0.29, 0.717) is 5.69 Å². The molecule has 0 aliphatic rings. The Labute approximate surface area is 209 Å². The monoisotopic (exact) mass is 483 g/mol. The zero-order valence-electron chi connectivity index (χ0n) is 20.2. The highest BCUT2D eigenvalue weighted by Crippen LogP contribution is 2.24. The first-order valence-corrected chi connectivity index (χ1v) is 11.8. The molecule has 1 atom stereocenters. The third-order valence-corrected chi connectivity index (χ3v) is 6.15. The number of carboxylic acids is 1. The first-order valence-electron chi connectivity index (χ1n) is 11.8. The third kappa shape index (κ3) is 5.99. The lowest BCUT2D eigenvalue weighted by molar-refractivity contribution is -0.137. The summed E-state index contributed by atoms with van der Waals surface area (Å²) in [5.74, 6) is -1.97. The van der Waals surface area contributed by atoms with Crippen LogP contribution in [0.25, 0.3) is 10.9 Å². The normalized spacial score (nSPS) is 11.9. The van der Waals surface area contributed by atoms with Crippen molar-refractivity contribution in [1.82, 2.24) is 15.6 Å². The van der Waals surface area contributed by atoms with Gasteiger partial charge in [-0.25, -0.2) is 0 Å². The quantitative estimate of drug-likeness (QED) is 0.278. The maximum absolute atomic E-state index is 13.5. The highest BCUT2D eigenvalue weighted by molar-refractivity contribution is 6.00. The van der Waals surface area contributed by atoms with Crippen LogP contribution < -0.4 is 10.6 Å². The summed E-state index contributed by atoms with van der Waals surface area (Å²) in [6, 6.07) is 23.4. The number of carbonyl (C=O) groups excluding carboxylic acids is 2. The van der Waals surface area contributed by atoms with E-state index in [9.17, 15) is 19.5 Å². The van der Waals surface area contributed by atoms with Crippen molar-refractivity contribution in [1.29, 1.82) is 0 Å². The van der Waals surface area contributed by atoms with Gasteiger partial charge in [0.2, 0.25) is 5.91 Å². The predicted molar refractivity (Wildman–Crippen MR) is 139 cm³/mol. The van der Waals surface area contributed by atoms with E-state index in [-0.39, 0.29) is 12.8 Å². The summed E-state index contributed by atoms with van der Waals surface area (Å²) in [5.41, 5.74) is 5.06. The topological polar surface area (TPSA) is 111 Å². The molecule has 0 unspecified atom stereocenters. The summed E-state index contributed by atoms with van der Waals surface area (Å²) in [7, 11) is 0. The molecule has 0 saturated carbocycles. The number of aromatic nitrogens is 1. The maximum atomic E-state index is 13.5. The van der Waals surface area contributed by atoms with Crippen molar-refractivity contribution in [3.8, 4) is 0 Å². The van der Waals surface area contributed by atoms with Gasteiger partial charge in [0.15, 0.2) is 0 Å². The second-order valence-corrected chi connectivity index (χ2v) is 8.99. The highest BCUT2D eigenvalue weighted by Gasteiger charge is 2.26. The van der Waals surface area contributed by atoms with Gasteiger partial charge in [-0.15, -0.1) is 0 Å². The SMILES string of the molecule is Cc1ccc(C(NC(=O)[C@H](CCC(=O)O)NC(=O)c2cc3ccccc3[nH]2)c2ccc(C)cc2)cc1. The molecule has 184 valence electrons. The first-order chi connectivity index (χ1) is 17.3. The molecule has 0 radical (unpaired) electrons. The number of carboxylic acid groups (broad SMARTS) is 1. The average Bonchev–Trinajstić information content (AvgIpc) is 3.30. The smallest absolute Gasteiger partial charge is 0.303 e. The van der Waals surface area contributed by atoms with Crippen LogP contribution in [0.3, 0.4) is 0 Å². The summed E-state index contributed by atoms with van der Waals surface area (Å²) < 4.78 is 0. The number of hydrogen-bond acceptors (Lipinski definition) is 3. The van der Waals surface area contributed by atoms with Crippen LogP contribution in [0.2, 0.25) is 0 Å². The third-order valence-electron chi connectivity index (χ3n) is 6.15. The van der Waals surface area contributed by atoms with Gasteiger partial charge in [-0.05, 0) is 43.5 Å². The number of para-hydroxylation sites is 1. The van der Waals surface area contributed by atoms with Crippen LogP contribution in [0.4, 0.5) is 0 Å². The Morgan fingerprint density at radius 1 is 0.833 bits per heavy atom. The fourth-order valence-corrected chi connectivity index (χ4v) is 4.09. The molecule has 0 aliphatic carbocycles. The van der Waals surface area contributed by atoms with Crippen LogP contribution >= 0.6 is 0 Å². The van der Waals surface area contributed by atoms with Gasteiger partial charge >= 0.3 is 5.97 Å². The van der Waals surface area contributed by atoms with Crippen LogP contribution in [0.15, 0.2) is 78.9 Å². The Morgan fingerprint density at radius 3 is 1.97 bits per heavy atom. The van der Waals surface area contributed by atoms with E-state index in [1.807, 2.05) is 86.6 Å². The number of H-pyrrole nitrogens is 1. The molecule has 0 fully saturated rings. The Balaban J connectivity index is 1.59. The molecular formula is C29H29N3O4. The van der Waals surface area contributed by atoms with E-state index >= 15 is 0 Å². The molecule has 2 amide bonds. The van der Waals surface area contributed by atoms with Crippen molar-refractivity contribution < 1.29 is 19.5 Å². The van der Waals surface area contributed by atoms with Crippen LogP contribution in [0.5, 0.6) is 0 Å². The van der Waals surface area contributed by atoms with Crippen molar-refractivity contribution in [2.75, 3.05) is 0 Å². The zero-order valence-corrected chi connectivity index (χ0v) is 20.2. The Bertz CT molecular complexity index is 1300. The van der Waals surface area contributed by atoms with E-state index < -0.39 is 29.9 Å². The second-order valence-electron chi connectivity index (χ2n) is 8.99. The fourth-order valence-electron chi connectivity index (χ4n) is 4.09. The molecule has 1 heterocycles. The molecule has 4 N–H and O–H groups in total. The number of amides is 2. The molecule has 4 rings (SSSR count). The van der Waals surface area contributed by atoms with Gasteiger partial charge in [-0.2, -0.15) is 0 Å². The Kier molecular flexibility index (Phi) is 7.49. The first kappa shape index (κ1) is 24.7. The summed E-state index contributed by atoms with van der Waals surface area (Å²) in [5, 5.41) is 15.9. The van der Waals surface area contributed by atoms with Gasteiger partial charge in [-0.1, -0.05) is 77.9 Å². The molecule has 7 heteroatoms. The lowest BCUT2D eigenvalue weighted by Gasteiger charge is -2.24. The van der Waals surface area contributed by atoms with Crippen molar-refractivity contribution in [2.45, 2.75) is 38.8 Å². The van der Waals surface area contributed by atoms with Crippen LogP contribution in [0.1, 0.15) is 51.6 Å². The average molecular weight is 484 g/mol. The standard InChI is InChI=1S/C29H29N3O4/c1-18-7-11-20(12-8-18)27(21-13-9-19(2)10-14-21)32-28(35)24(15-16-26(33)34)31-29(36)25-17-22-5-3-4-6-23(22)30-25/h3-14,17,24,27,30H,15-16H2,1-2H3,(H,31,36)(H,32,35)(H,33,34)/t24-/m0/s1. The summed E-state index contributed by atoms with van der Waals surface area (Å²) in [6.07, 6.45) is -0.299. The van der Waals surface area contributed by atoms with Crippen molar-refractivity contribution in [3.05, 3.63) is 107 Å². The zero-order chi connectivity index (χ0) is 25.7. The lowest BCUT2D eigenvalue weighted by Crippen LogP contribution is -2.48. The van der Waals surface area contributed by atoms with Gasteiger partial charge in [0.1, 0.15) is 11.7 Å². The minimum atomic E-state index is -1.04. The minimum absolute atomic E-state index is 0.0400. The number of aliphatic carboxylic acids is 1. The summed E-state index contributed by atoms with van der Waals surface area (Å²) in [4.78, 5) is 40.8. The molecule has 1 aromatic heterocycles. The van der Waals surface area contributed by atoms with Gasteiger partial charge in [0.25, 0.3) is 5.91 Å². The predicted octanol–water partition coefficient (Wildman–Crippen LogP) is 4.65. The number of carbonyl (C=O) groups is 3. The summed E-state index contributed by atoms with van der Waals surface area (Å²) in [6.45, 7) is 3.98. The number of benzene rings is 3. The van der Waals surface area contributed by atoms with Crippen molar-refractivity contribution in [2.24, 2.45) is 0 Å². The van der Waals surface area contributed by atoms with Gasteiger partial charge in [-0.3, -0.25) is 14.4 Å². The highest BCUT2D eigenvalue weighted by atomic mass is 16.4. The van der Waals surface area contributed by atoms with Gasteiger partial charge in [0, 0.05) is 17.3 Å². The largest absolute Gasteiger partial charge is 0.481 e. The van der Waals surface area contributed by atoms with Crippen LogP contribution in [-0.2, 0) is 9.59 Å². The second kappa shape index (κ2) is 10.9. The molecule has 0 aliphatic heterocycles. The number of aromatic amines is 1. The van der Waals surface area contributed by atoms with Gasteiger partial charge in [0.05, 0.1) is 6.04 Å².